The molecule has 0 unspecified atom stereocenters. The van der Waals surface area contributed by atoms with Crippen molar-refractivity contribution >= 4 is 42.9 Å². The molecule has 0 aliphatic heterocycles. The van der Waals surface area contributed by atoms with Gasteiger partial charge < -0.3 is 0 Å². The number of thiophene rings is 2. The highest BCUT2D eigenvalue weighted by Crippen LogP contribution is 2.37. The molecule has 0 bridgehead atoms. The van der Waals surface area contributed by atoms with Crippen molar-refractivity contribution in [1.82, 2.24) is 0 Å². The summed E-state index contributed by atoms with van der Waals surface area (Å²) in [6.07, 6.45) is 0.376. The molecule has 10 heteroatoms. The lowest BCUT2D eigenvalue weighted by Gasteiger charge is -2.05. The fourth-order valence-electron chi connectivity index (χ4n) is 1.94. The van der Waals surface area contributed by atoms with Crippen molar-refractivity contribution < 1.29 is 25.9 Å². The third kappa shape index (κ3) is 5.14. The van der Waals surface area contributed by atoms with Crippen molar-refractivity contribution in [3.8, 4) is 9.75 Å². The van der Waals surface area contributed by atoms with Crippen LogP contribution in [0.3, 0.4) is 0 Å². The highest BCUT2D eigenvalue weighted by Gasteiger charge is 2.16. The van der Waals surface area contributed by atoms with Gasteiger partial charge in [0.05, 0.1) is 11.5 Å². The average molecular weight is 383 g/mol. The van der Waals surface area contributed by atoms with Gasteiger partial charge in [-0.2, -0.15) is 16.8 Å². The summed E-state index contributed by atoms with van der Waals surface area (Å²) in [5, 5.41) is 3.64. The minimum atomic E-state index is -4.03. The van der Waals surface area contributed by atoms with Crippen molar-refractivity contribution in [1.29, 1.82) is 0 Å². The van der Waals surface area contributed by atoms with Crippen molar-refractivity contribution in [3.05, 3.63) is 34.0 Å². The molecular weight excluding hydrogens is 368 g/mol. The maximum Gasteiger partial charge on any atom is 0.265 e. The topological polar surface area (TPSA) is 109 Å². The zero-order chi connectivity index (χ0) is 16.4. The maximum absolute atomic E-state index is 10.9. The van der Waals surface area contributed by atoms with Crippen LogP contribution in [0.5, 0.6) is 0 Å². The Hall–Kier alpha value is -0.780. The number of hydrogen-bond acceptors (Lipinski definition) is 6. The highest BCUT2D eigenvalue weighted by atomic mass is 32.2. The minimum absolute atomic E-state index is 0.188. The Morgan fingerprint density at radius 2 is 1.14 bits per heavy atom. The Morgan fingerprint density at radius 1 is 0.773 bits per heavy atom. The molecule has 0 aromatic carbocycles. The van der Waals surface area contributed by atoms with Gasteiger partial charge in [-0.05, 0) is 46.9 Å². The molecule has 0 aliphatic rings. The second kappa shape index (κ2) is 6.77. The van der Waals surface area contributed by atoms with Gasteiger partial charge in [0.2, 0.25) is 0 Å². The van der Waals surface area contributed by atoms with E-state index in [1.54, 1.807) is 12.1 Å². The van der Waals surface area contributed by atoms with E-state index in [9.17, 15) is 16.8 Å². The molecule has 0 radical (unpaired) electrons. The number of hydrogen-bond donors (Lipinski definition) is 2. The molecule has 0 spiro atoms. The largest absolute Gasteiger partial charge is 0.286 e. The maximum atomic E-state index is 10.9. The fraction of sp³-hybridized carbons (Fsp3) is 0.333. The lowest BCUT2D eigenvalue weighted by Crippen LogP contribution is -2.07. The van der Waals surface area contributed by atoms with Gasteiger partial charge in [0.15, 0.2) is 0 Å². The van der Waals surface area contributed by atoms with Gasteiger partial charge in [-0.1, -0.05) is 0 Å². The second-order valence-corrected chi connectivity index (χ2v) is 9.60. The van der Waals surface area contributed by atoms with Crippen LogP contribution in [0, 0.1) is 0 Å². The van der Waals surface area contributed by atoms with Crippen molar-refractivity contribution in [2.45, 2.75) is 12.8 Å². The molecule has 0 aliphatic carbocycles. The summed E-state index contributed by atoms with van der Waals surface area (Å²) in [6, 6.07) is 3.58. The first-order valence-electron chi connectivity index (χ1n) is 6.19. The summed E-state index contributed by atoms with van der Waals surface area (Å²) >= 11 is 2.85. The van der Waals surface area contributed by atoms with Gasteiger partial charge in [0, 0.05) is 9.75 Å². The van der Waals surface area contributed by atoms with E-state index < -0.39 is 20.2 Å². The molecule has 122 valence electrons. The Morgan fingerprint density at radius 3 is 1.45 bits per heavy atom. The normalized spacial score (nSPS) is 12.6. The van der Waals surface area contributed by atoms with Gasteiger partial charge >= 0.3 is 0 Å². The van der Waals surface area contributed by atoms with E-state index in [1.165, 1.54) is 22.7 Å². The highest BCUT2D eigenvalue weighted by molar-refractivity contribution is 7.86. The van der Waals surface area contributed by atoms with Crippen LogP contribution in [0.2, 0.25) is 0 Å². The molecule has 0 atom stereocenters. The minimum Gasteiger partial charge on any atom is -0.286 e. The van der Waals surface area contributed by atoms with Gasteiger partial charge in [0.1, 0.15) is 0 Å². The molecule has 2 aromatic rings. The first-order valence-corrected chi connectivity index (χ1v) is 11.2. The van der Waals surface area contributed by atoms with Crippen LogP contribution in [0.1, 0.15) is 11.1 Å². The molecule has 2 N–H and O–H groups in total. The third-order valence-corrected chi connectivity index (χ3v) is 6.48. The zero-order valence-corrected chi connectivity index (χ0v) is 14.6. The fourth-order valence-corrected chi connectivity index (χ4v) is 5.04. The van der Waals surface area contributed by atoms with Gasteiger partial charge in [-0.15, -0.1) is 22.7 Å². The van der Waals surface area contributed by atoms with Crippen molar-refractivity contribution in [3.63, 3.8) is 0 Å². The van der Waals surface area contributed by atoms with Crippen LogP contribution in [0.15, 0.2) is 22.9 Å². The van der Waals surface area contributed by atoms with E-state index >= 15 is 0 Å². The number of rotatable bonds is 7. The monoisotopic (exact) mass is 382 g/mol. The van der Waals surface area contributed by atoms with Crippen LogP contribution in [0.4, 0.5) is 0 Å². The molecule has 0 saturated heterocycles. The second-order valence-electron chi connectivity index (χ2n) is 4.62. The first kappa shape index (κ1) is 17.6. The van der Waals surface area contributed by atoms with E-state index in [4.69, 9.17) is 9.11 Å². The summed E-state index contributed by atoms with van der Waals surface area (Å²) in [5.74, 6) is -0.717. The molecule has 0 fully saturated rings. The van der Waals surface area contributed by atoms with E-state index in [0.717, 1.165) is 20.9 Å². The van der Waals surface area contributed by atoms with Gasteiger partial charge in [0.25, 0.3) is 20.2 Å². The Balaban J connectivity index is 2.23. The molecule has 22 heavy (non-hydrogen) atoms. The first-order chi connectivity index (χ1) is 10.2. The Bertz CT molecular complexity index is 772. The average Bonchev–Trinajstić information content (AvgIpc) is 3.00. The van der Waals surface area contributed by atoms with Crippen LogP contribution in [-0.4, -0.2) is 37.4 Å². The standard InChI is InChI=1S/C12H14O6S4/c13-21(14,15)7-3-9-1-5-19-11(9)12-10(2-6-20-12)4-8-22(16,17)18/h1-2,5-6H,3-4,7-8H2,(H,13,14,15)(H,16,17,18). The van der Waals surface area contributed by atoms with Gasteiger partial charge in [-0.25, -0.2) is 0 Å². The van der Waals surface area contributed by atoms with Crippen molar-refractivity contribution in [2.75, 3.05) is 11.5 Å². The predicted octanol–water partition coefficient (Wildman–Crippen LogP) is 2.34. The molecule has 6 nitrogen and oxygen atoms in total. The number of aryl methyl sites for hydroxylation is 2. The third-order valence-electron chi connectivity index (χ3n) is 2.96. The van der Waals surface area contributed by atoms with Gasteiger partial charge in [-0.3, -0.25) is 9.11 Å². The summed E-state index contributed by atoms with van der Waals surface area (Å²) in [4.78, 5) is 1.73. The molecular formula is C12H14O6S4. The lowest BCUT2D eigenvalue weighted by molar-refractivity contribution is 0.480. The van der Waals surface area contributed by atoms with E-state index in [-0.39, 0.29) is 24.3 Å². The van der Waals surface area contributed by atoms with E-state index in [2.05, 4.69) is 0 Å². The molecule has 2 rings (SSSR count). The molecule has 2 aromatic heterocycles. The summed E-state index contributed by atoms with van der Waals surface area (Å²) in [7, 11) is -8.06. The van der Waals surface area contributed by atoms with Crippen molar-refractivity contribution in [2.24, 2.45) is 0 Å². The van der Waals surface area contributed by atoms with Crippen LogP contribution < -0.4 is 0 Å². The summed E-state index contributed by atoms with van der Waals surface area (Å²) in [6.45, 7) is 0. The predicted molar refractivity (Wildman–Crippen MR) is 87.9 cm³/mol. The molecule has 2 heterocycles. The van der Waals surface area contributed by atoms with Crippen LogP contribution in [0.25, 0.3) is 9.75 Å². The molecule has 0 amide bonds. The molecule has 0 saturated carbocycles. The Labute approximate surface area is 136 Å². The zero-order valence-electron chi connectivity index (χ0n) is 11.3. The van der Waals surface area contributed by atoms with Crippen LogP contribution >= 0.6 is 22.7 Å². The summed E-state index contributed by atoms with van der Waals surface area (Å²) < 4.78 is 61.2. The van der Waals surface area contributed by atoms with E-state index in [1.807, 2.05) is 10.8 Å². The smallest absolute Gasteiger partial charge is 0.265 e. The quantitative estimate of drug-likeness (QED) is 0.712. The van der Waals surface area contributed by atoms with E-state index in [0.29, 0.717) is 0 Å². The summed E-state index contributed by atoms with van der Waals surface area (Å²) in [5.41, 5.74) is 1.58. The lowest BCUT2D eigenvalue weighted by atomic mass is 10.1. The van der Waals surface area contributed by atoms with Crippen LogP contribution in [-0.2, 0) is 33.1 Å². The Kier molecular flexibility index (Phi) is 5.41. The SMILES string of the molecule is O=S(=O)(O)CCc1ccsc1-c1sccc1CCS(=O)(=O)O.